The van der Waals surface area contributed by atoms with E-state index in [1.807, 2.05) is 0 Å². The highest BCUT2D eigenvalue weighted by Crippen LogP contribution is 2.27. The molecule has 0 saturated heterocycles. The summed E-state index contributed by atoms with van der Waals surface area (Å²) in [5.74, 6) is -0.434. The Labute approximate surface area is 129 Å². The summed E-state index contributed by atoms with van der Waals surface area (Å²) in [7, 11) is 1.41. The molecule has 1 aromatic carbocycles. The molecule has 0 radical (unpaired) electrons. The first-order chi connectivity index (χ1) is 10.5. The molecule has 0 spiro atoms. The third-order valence-corrected chi connectivity index (χ3v) is 4.13. The molecule has 1 fully saturated rings. The molecule has 1 aliphatic rings. The number of aliphatic imine (C=N–C) groups is 1. The van der Waals surface area contributed by atoms with Crippen molar-refractivity contribution in [3.63, 3.8) is 0 Å². The second-order valence-corrected chi connectivity index (χ2v) is 5.62. The maximum absolute atomic E-state index is 11.2. The molecular weight excluding hydrogens is 284 g/mol. The maximum Gasteiger partial charge on any atom is 0.339 e. The van der Waals surface area contributed by atoms with Crippen LogP contribution in [0.15, 0.2) is 17.1 Å². The monoisotopic (exact) mass is 306 g/mol. The lowest BCUT2D eigenvalue weighted by Gasteiger charge is -2.24. The Kier molecular flexibility index (Phi) is 5.38. The summed E-state index contributed by atoms with van der Waals surface area (Å²) >= 11 is 0. The van der Waals surface area contributed by atoms with Gasteiger partial charge in [-0.05, 0) is 37.7 Å². The van der Waals surface area contributed by atoms with Crippen molar-refractivity contribution in [2.75, 3.05) is 19.5 Å². The smallest absolute Gasteiger partial charge is 0.339 e. The molecule has 6 nitrogen and oxygen atoms in total. The first-order valence-electron chi connectivity index (χ1n) is 7.40. The van der Waals surface area contributed by atoms with Crippen LogP contribution in [0, 0.1) is 5.92 Å². The van der Waals surface area contributed by atoms with Crippen LogP contribution in [-0.4, -0.2) is 42.2 Å². The van der Waals surface area contributed by atoms with Gasteiger partial charge in [0.15, 0.2) is 0 Å². The van der Waals surface area contributed by atoms with Gasteiger partial charge in [0.25, 0.3) is 0 Å². The van der Waals surface area contributed by atoms with Crippen molar-refractivity contribution < 1.29 is 19.7 Å². The Hall–Kier alpha value is -2.08. The number of hydrogen-bond acceptors (Lipinski definition) is 5. The van der Waals surface area contributed by atoms with E-state index in [4.69, 9.17) is 15.6 Å². The van der Waals surface area contributed by atoms with E-state index in [0.717, 1.165) is 25.7 Å². The fourth-order valence-corrected chi connectivity index (χ4v) is 2.72. The number of carboxylic acids is 1. The lowest BCUT2D eigenvalue weighted by molar-refractivity contribution is 0.0693. The molecule has 0 unspecified atom stereocenters. The number of nitrogens with two attached hydrogens (primary N) is 1. The molecule has 6 heteroatoms. The highest BCUT2D eigenvalue weighted by molar-refractivity contribution is 5.97. The Morgan fingerprint density at radius 1 is 1.41 bits per heavy atom. The van der Waals surface area contributed by atoms with Crippen LogP contribution >= 0.6 is 0 Å². The van der Waals surface area contributed by atoms with Gasteiger partial charge in [-0.3, -0.25) is 4.99 Å². The van der Waals surface area contributed by atoms with E-state index in [9.17, 15) is 9.90 Å². The van der Waals surface area contributed by atoms with Gasteiger partial charge in [0, 0.05) is 36.2 Å². The van der Waals surface area contributed by atoms with Crippen LogP contribution in [0.25, 0.3) is 0 Å². The van der Waals surface area contributed by atoms with Gasteiger partial charge < -0.3 is 20.7 Å². The van der Waals surface area contributed by atoms with Crippen molar-refractivity contribution >= 4 is 17.9 Å². The number of benzene rings is 1. The van der Waals surface area contributed by atoms with Gasteiger partial charge in [-0.25, -0.2) is 4.79 Å². The quantitative estimate of drug-likeness (QED) is 0.569. The van der Waals surface area contributed by atoms with Gasteiger partial charge in [-0.1, -0.05) is 0 Å². The first-order valence-corrected chi connectivity index (χ1v) is 7.40. The van der Waals surface area contributed by atoms with Crippen LogP contribution in [-0.2, 0) is 0 Å². The number of aliphatic hydroxyl groups is 1. The van der Waals surface area contributed by atoms with Crippen LogP contribution in [0.5, 0.6) is 5.75 Å². The minimum absolute atomic E-state index is 0.0714. The normalized spacial score (nSPS) is 21.9. The lowest BCUT2D eigenvalue weighted by Crippen LogP contribution is -2.19. The molecule has 0 aromatic heterocycles. The van der Waals surface area contributed by atoms with Gasteiger partial charge in [-0.2, -0.15) is 0 Å². The number of methoxy groups -OCH3 is 1. The third kappa shape index (κ3) is 3.76. The maximum atomic E-state index is 11.2. The molecule has 22 heavy (non-hydrogen) atoms. The Bertz CT molecular complexity index is 564. The summed E-state index contributed by atoms with van der Waals surface area (Å²) in [6, 6.07) is 3.20. The minimum atomic E-state index is -1.06. The number of aliphatic hydroxyl groups excluding tert-OH is 1. The number of rotatable bonds is 5. The standard InChI is InChI=1S/C16H22N2O4/c1-22-15-7-14(17)11(6-13(15)16(20)21)8-18-12-4-2-10(9-19)3-5-12/h6-8,10,12,19H,2-5,9,17H2,1H3,(H,20,21). The van der Waals surface area contributed by atoms with Gasteiger partial charge in [0.2, 0.25) is 0 Å². The third-order valence-electron chi connectivity index (χ3n) is 4.13. The largest absolute Gasteiger partial charge is 0.496 e. The fourth-order valence-electron chi connectivity index (χ4n) is 2.72. The molecule has 4 N–H and O–H groups in total. The summed E-state index contributed by atoms with van der Waals surface area (Å²) in [6.45, 7) is 0.240. The summed E-state index contributed by atoms with van der Waals surface area (Å²) < 4.78 is 5.03. The van der Waals surface area contributed by atoms with Gasteiger partial charge in [-0.15, -0.1) is 0 Å². The average Bonchev–Trinajstić information content (AvgIpc) is 2.53. The number of anilines is 1. The van der Waals surface area contributed by atoms with Crippen LogP contribution in [0.4, 0.5) is 5.69 Å². The number of nitrogens with zero attached hydrogens (tertiary/aromatic N) is 1. The van der Waals surface area contributed by atoms with Crippen molar-refractivity contribution in [2.45, 2.75) is 31.7 Å². The van der Waals surface area contributed by atoms with Gasteiger partial charge >= 0.3 is 5.97 Å². The van der Waals surface area contributed by atoms with Crippen LogP contribution in [0.3, 0.4) is 0 Å². The van der Waals surface area contributed by atoms with Crippen molar-refractivity contribution in [1.29, 1.82) is 0 Å². The van der Waals surface area contributed by atoms with Crippen molar-refractivity contribution in [3.8, 4) is 5.75 Å². The van der Waals surface area contributed by atoms with Crippen molar-refractivity contribution in [1.82, 2.24) is 0 Å². The lowest BCUT2D eigenvalue weighted by atomic mass is 9.87. The molecule has 120 valence electrons. The zero-order chi connectivity index (χ0) is 16.1. The Morgan fingerprint density at radius 2 is 2.09 bits per heavy atom. The Balaban J connectivity index is 2.14. The van der Waals surface area contributed by atoms with E-state index >= 15 is 0 Å². The zero-order valence-electron chi connectivity index (χ0n) is 12.7. The van der Waals surface area contributed by atoms with Crippen LogP contribution in [0.2, 0.25) is 0 Å². The van der Waals surface area contributed by atoms with Crippen molar-refractivity contribution in [2.24, 2.45) is 10.9 Å². The van der Waals surface area contributed by atoms with E-state index in [1.165, 1.54) is 19.2 Å². The highest BCUT2D eigenvalue weighted by Gasteiger charge is 2.20. The summed E-state index contributed by atoms with van der Waals surface area (Å²) in [4.78, 5) is 15.7. The van der Waals surface area contributed by atoms with Gasteiger partial charge in [0.05, 0.1) is 7.11 Å². The number of hydrogen-bond donors (Lipinski definition) is 3. The average molecular weight is 306 g/mol. The first kappa shape index (κ1) is 16.3. The van der Waals surface area contributed by atoms with E-state index in [0.29, 0.717) is 17.2 Å². The Morgan fingerprint density at radius 3 is 2.64 bits per heavy atom. The van der Waals surface area contributed by atoms with Crippen LogP contribution in [0.1, 0.15) is 41.6 Å². The topological polar surface area (TPSA) is 105 Å². The van der Waals surface area contributed by atoms with Gasteiger partial charge in [0.1, 0.15) is 11.3 Å². The van der Waals surface area contributed by atoms with Crippen LogP contribution < -0.4 is 10.5 Å². The summed E-state index contributed by atoms with van der Waals surface area (Å²) in [5, 5.41) is 18.3. The summed E-state index contributed by atoms with van der Waals surface area (Å²) in [6.07, 6.45) is 5.45. The minimum Gasteiger partial charge on any atom is -0.496 e. The number of nitrogen functional groups attached to an aromatic ring is 1. The number of aromatic carboxylic acids is 1. The van der Waals surface area contributed by atoms with E-state index in [2.05, 4.69) is 4.99 Å². The second kappa shape index (κ2) is 7.26. The molecular formula is C16H22N2O4. The molecule has 1 aromatic rings. The molecule has 1 saturated carbocycles. The fraction of sp³-hybridized carbons (Fsp3) is 0.500. The highest BCUT2D eigenvalue weighted by atomic mass is 16.5. The predicted octanol–water partition coefficient (Wildman–Crippen LogP) is 1.95. The number of carboxylic acid groups (broad SMARTS) is 1. The molecule has 1 aliphatic carbocycles. The molecule has 0 atom stereocenters. The van der Waals surface area contributed by atoms with E-state index < -0.39 is 5.97 Å². The van der Waals surface area contributed by atoms with E-state index in [-0.39, 0.29) is 24.0 Å². The number of ether oxygens (including phenoxy) is 1. The predicted molar refractivity (Wildman–Crippen MR) is 84.8 cm³/mol. The van der Waals surface area contributed by atoms with Crippen molar-refractivity contribution in [3.05, 3.63) is 23.3 Å². The van der Waals surface area contributed by atoms with E-state index in [1.54, 1.807) is 6.21 Å². The zero-order valence-corrected chi connectivity index (χ0v) is 12.7. The molecule has 0 bridgehead atoms. The second-order valence-electron chi connectivity index (χ2n) is 5.62. The molecule has 0 amide bonds. The molecule has 2 rings (SSSR count). The molecule has 0 heterocycles. The molecule has 0 aliphatic heterocycles. The summed E-state index contributed by atoms with van der Waals surface area (Å²) in [5.41, 5.74) is 7.02. The number of carbonyl (C=O) groups is 1. The SMILES string of the molecule is COc1cc(N)c(C=NC2CCC(CO)CC2)cc1C(=O)O.